The van der Waals surface area contributed by atoms with E-state index < -0.39 is 12.1 Å². The van der Waals surface area contributed by atoms with Crippen LogP contribution in [0.1, 0.15) is 49.1 Å². The summed E-state index contributed by atoms with van der Waals surface area (Å²) in [6, 6.07) is 13.3. The van der Waals surface area contributed by atoms with Gasteiger partial charge in [0, 0.05) is 19.0 Å². The summed E-state index contributed by atoms with van der Waals surface area (Å²) in [6.45, 7) is 3.98. The van der Waals surface area contributed by atoms with E-state index in [0.717, 1.165) is 22.4 Å². The number of hydrazine groups is 1. The minimum Gasteiger partial charge on any atom is -0.348 e. The fourth-order valence-corrected chi connectivity index (χ4v) is 5.39. The van der Waals surface area contributed by atoms with Crippen molar-refractivity contribution in [3.8, 4) is 0 Å². The van der Waals surface area contributed by atoms with E-state index in [9.17, 15) is 19.2 Å². The van der Waals surface area contributed by atoms with Crippen molar-refractivity contribution in [2.75, 3.05) is 4.90 Å². The third-order valence-electron chi connectivity index (χ3n) is 7.21. The van der Waals surface area contributed by atoms with Gasteiger partial charge >= 0.3 is 0 Å². The number of rotatable bonds is 8. The number of hydrogen-bond acceptors (Lipinski definition) is 6. The van der Waals surface area contributed by atoms with Crippen LogP contribution in [0.3, 0.4) is 0 Å². The Hall–Kier alpha value is -4.54. The van der Waals surface area contributed by atoms with Crippen LogP contribution in [0.2, 0.25) is 0 Å². The van der Waals surface area contributed by atoms with E-state index in [1.807, 2.05) is 62.4 Å². The molecule has 0 fully saturated rings. The number of amides is 4. The summed E-state index contributed by atoms with van der Waals surface area (Å²) in [4.78, 5) is 55.8. The number of H-pyrrole nitrogens is 1. The SMILES string of the molecule is CC(C)CC(=O)N(NC(=O)Cc1ccccc1)[C@H]1CCc2cccc3c2N(C1=O)[C@H](C(=O)NCc1c[nH]nn1)C3. The average molecular weight is 544 g/mol. The van der Waals surface area contributed by atoms with Crippen LogP contribution in [-0.2, 0) is 45.0 Å². The van der Waals surface area contributed by atoms with Gasteiger partial charge in [-0.25, -0.2) is 5.01 Å². The van der Waals surface area contributed by atoms with Gasteiger partial charge < -0.3 is 5.32 Å². The fraction of sp³-hybridized carbons (Fsp3) is 0.379. The Morgan fingerprint density at radius 1 is 1.10 bits per heavy atom. The molecule has 0 bridgehead atoms. The number of carbonyl (C=O) groups is 4. The van der Waals surface area contributed by atoms with Crippen LogP contribution in [0.4, 0.5) is 5.69 Å². The lowest BCUT2D eigenvalue weighted by atomic mass is 10.0. The molecule has 4 amide bonds. The molecule has 5 rings (SSSR count). The molecule has 0 unspecified atom stereocenters. The van der Waals surface area contributed by atoms with Crippen molar-refractivity contribution in [1.29, 1.82) is 0 Å². The Kier molecular flexibility index (Phi) is 7.90. The zero-order valence-electron chi connectivity index (χ0n) is 22.6. The molecule has 1 aromatic heterocycles. The van der Waals surface area contributed by atoms with Crippen molar-refractivity contribution in [1.82, 2.24) is 31.2 Å². The van der Waals surface area contributed by atoms with E-state index >= 15 is 0 Å². The van der Waals surface area contributed by atoms with E-state index in [1.165, 1.54) is 9.91 Å². The predicted molar refractivity (Wildman–Crippen MR) is 146 cm³/mol. The van der Waals surface area contributed by atoms with E-state index in [1.54, 1.807) is 6.20 Å². The van der Waals surface area contributed by atoms with Crippen molar-refractivity contribution in [2.45, 2.75) is 64.6 Å². The molecule has 2 aromatic carbocycles. The normalized spacial score (nSPS) is 17.8. The second-order valence-electron chi connectivity index (χ2n) is 10.6. The van der Waals surface area contributed by atoms with Crippen molar-refractivity contribution >= 4 is 29.3 Å². The predicted octanol–water partition coefficient (Wildman–Crippen LogP) is 1.84. The molecular formula is C29H33N7O4. The minimum atomic E-state index is -0.963. The molecule has 0 aliphatic carbocycles. The fourth-order valence-electron chi connectivity index (χ4n) is 5.39. The van der Waals surface area contributed by atoms with Gasteiger partial charge in [-0.1, -0.05) is 67.6 Å². The zero-order valence-corrected chi connectivity index (χ0v) is 22.6. The number of aromatic amines is 1. The lowest BCUT2D eigenvalue weighted by Crippen LogP contribution is -2.60. The van der Waals surface area contributed by atoms with Crippen molar-refractivity contribution in [3.63, 3.8) is 0 Å². The van der Waals surface area contributed by atoms with Crippen LogP contribution in [0.25, 0.3) is 0 Å². The summed E-state index contributed by atoms with van der Waals surface area (Å²) in [6.07, 6.45) is 3.00. The van der Waals surface area contributed by atoms with Gasteiger partial charge in [0.05, 0.1) is 18.7 Å². The summed E-state index contributed by atoms with van der Waals surface area (Å²) < 4.78 is 0. The summed E-state index contributed by atoms with van der Waals surface area (Å²) in [7, 11) is 0. The highest BCUT2D eigenvalue weighted by Crippen LogP contribution is 2.39. The zero-order chi connectivity index (χ0) is 28.2. The topological polar surface area (TPSA) is 140 Å². The number of nitrogens with zero attached hydrogens (tertiary/aromatic N) is 4. The molecular weight excluding hydrogens is 510 g/mol. The Bertz CT molecular complexity index is 1390. The summed E-state index contributed by atoms with van der Waals surface area (Å²) in [5.74, 6) is -1.42. The monoisotopic (exact) mass is 543 g/mol. The molecule has 0 spiro atoms. The summed E-state index contributed by atoms with van der Waals surface area (Å²) >= 11 is 0. The Morgan fingerprint density at radius 2 is 1.88 bits per heavy atom. The molecule has 3 aromatic rings. The van der Waals surface area contributed by atoms with Crippen LogP contribution in [0.15, 0.2) is 54.7 Å². The van der Waals surface area contributed by atoms with Crippen LogP contribution in [-0.4, -0.2) is 56.1 Å². The van der Waals surface area contributed by atoms with Crippen molar-refractivity contribution < 1.29 is 19.2 Å². The second-order valence-corrected chi connectivity index (χ2v) is 10.6. The Labute approximate surface area is 232 Å². The molecule has 0 saturated heterocycles. The minimum absolute atomic E-state index is 0.0209. The van der Waals surface area contributed by atoms with Gasteiger partial charge in [-0.3, -0.25) is 34.6 Å². The number of aromatic nitrogens is 3. The standard InChI is InChI=1S/C29H33N7O4/c1-18(2)13-26(38)36(33-25(37)14-19-7-4-3-5-8-19)23-12-11-20-9-6-10-21-15-24(35(27(20)21)29(23)40)28(39)30-16-22-17-31-34-32-22/h3-10,17-18,23-24H,11-16H2,1-2H3,(H,30,39)(H,33,37)(H,31,32,34)/t23-,24-/m0/s1. The van der Waals surface area contributed by atoms with Crippen LogP contribution in [0.5, 0.6) is 0 Å². The quantitative estimate of drug-likeness (QED) is 0.371. The van der Waals surface area contributed by atoms with Gasteiger partial charge in [0.15, 0.2) is 0 Å². The molecule has 40 heavy (non-hydrogen) atoms. The maximum Gasteiger partial charge on any atom is 0.252 e. The molecule has 0 radical (unpaired) electrons. The molecule has 3 N–H and O–H groups in total. The number of hydrogen-bond donors (Lipinski definition) is 3. The lowest BCUT2D eigenvalue weighted by Gasteiger charge is -2.34. The second kappa shape index (κ2) is 11.7. The Morgan fingerprint density at radius 3 is 2.60 bits per heavy atom. The smallest absolute Gasteiger partial charge is 0.252 e. The molecule has 11 nitrogen and oxygen atoms in total. The average Bonchev–Trinajstić information content (AvgIpc) is 3.56. The molecule has 208 valence electrons. The first-order chi connectivity index (χ1) is 19.3. The summed E-state index contributed by atoms with van der Waals surface area (Å²) in [5, 5.41) is 14.2. The maximum absolute atomic E-state index is 14.3. The Balaban J connectivity index is 1.43. The van der Waals surface area contributed by atoms with Gasteiger partial charge in [-0.05, 0) is 35.4 Å². The molecule has 3 heterocycles. The van der Waals surface area contributed by atoms with Crippen LogP contribution < -0.4 is 15.6 Å². The van der Waals surface area contributed by atoms with Gasteiger partial charge in [-0.15, -0.1) is 5.10 Å². The van der Waals surface area contributed by atoms with E-state index in [0.29, 0.717) is 25.0 Å². The van der Waals surface area contributed by atoms with Gasteiger partial charge in [0.25, 0.3) is 5.91 Å². The number of aryl methyl sites for hydroxylation is 1. The van der Waals surface area contributed by atoms with Crippen molar-refractivity contribution in [3.05, 3.63) is 77.1 Å². The molecule has 2 atom stereocenters. The maximum atomic E-state index is 14.3. The number of benzene rings is 2. The highest BCUT2D eigenvalue weighted by atomic mass is 16.2. The lowest BCUT2D eigenvalue weighted by molar-refractivity contribution is -0.149. The number of nitrogens with one attached hydrogen (secondary N) is 3. The molecule has 2 aliphatic rings. The third-order valence-corrected chi connectivity index (χ3v) is 7.21. The highest BCUT2D eigenvalue weighted by molar-refractivity contribution is 6.08. The van der Waals surface area contributed by atoms with E-state index in [2.05, 4.69) is 26.2 Å². The third kappa shape index (κ3) is 5.73. The van der Waals surface area contributed by atoms with E-state index in [4.69, 9.17) is 0 Å². The van der Waals surface area contributed by atoms with Crippen LogP contribution in [0, 0.1) is 5.92 Å². The first-order valence-corrected chi connectivity index (χ1v) is 13.5. The van der Waals surface area contributed by atoms with Crippen LogP contribution >= 0.6 is 0 Å². The van der Waals surface area contributed by atoms with Gasteiger partial charge in [0.2, 0.25) is 17.7 Å². The molecule has 11 heteroatoms. The number of para-hydroxylation sites is 1. The highest BCUT2D eigenvalue weighted by Gasteiger charge is 2.46. The first kappa shape index (κ1) is 27.0. The number of carbonyl (C=O) groups excluding carboxylic acids is 4. The molecule has 2 aliphatic heterocycles. The molecule has 0 saturated carbocycles. The number of anilines is 1. The largest absolute Gasteiger partial charge is 0.348 e. The van der Waals surface area contributed by atoms with Gasteiger partial charge in [-0.2, -0.15) is 0 Å². The first-order valence-electron chi connectivity index (χ1n) is 13.5. The van der Waals surface area contributed by atoms with E-state index in [-0.39, 0.29) is 48.9 Å². The van der Waals surface area contributed by atoms with Crippen molar-refractivity contribution in [2.24, 2.45) is 5.92 Å². The summed E-state index contributed by atoms with van der Waals surface area (Å²) in [5.41, 5.74) is 6.68. The van der Waals surface area contributed by atoms with Gasteiger partial charge in [0.1, 0.15) is 17.8 Å².